The zero-order valence-corrected chi connectivity index (χ0v) is 13.2. The van der Waals surface area contributed by atoms with Crippen LogP contribution in [0, 0.1) is 0 Å². The van der Waals surface area contributed by atoms with E-state index in [0.29, 0.717) is 12.0 Å². The maximum Gasteiger partial charge on any atom is 0.253 e. The zero-order chi connectivity index (χ0) is 15.7. The molecule has 1 amide bonds. The number of hydrogen-bond donors (Lipinski definition) is 2. The van der Waals surface area contributed by atoms with E-state index in [1.807, 2.05) is 12.1 Å². The number of nitrogens with zero attached hydrogens (tertiary/aromatic N) is 1. The summed E-state index contributed by atoms with van der Waals surface area (Å²) in [4.78, 5) is 14.4. The number of carbonyl (C=O) groups is 1. The average Bonchev–Trinajstić information content (AvgIpc) is 2.93. The van der Waals surface area contributed by atoms with Crippen LogP contribution in [0.4, 0.5) is 0 Å². The molecule has 120 valence electrons. The Morgan fingerprint density at radius 1 is 1.09 bits per heavy atom. The summed E-state index contributed by atoms with van der Waals surface area (Å²) in [5.41, 5.74) is 3.32. The van der Waals surface area contributed by atoms with Gasteiger partial charge in [0, 0.05) is 12.6 Å². The molecule has 3 rings (SSSR count). The average molecular weight is 303 g/mol. The highest BCUT2D eigenvalue weighted by atomic mass is 16.3. The van der Waals surface area contributed by atoms with Gasteiger partial charge in [-0.15, -0.1) is 0 Å². The van der Waals surface area contributed by atoms with E-state index in [9.17, 15) is 15.0 Å². The molecule has 3 atom stereocenters. The number of fused-ring (bicyclic) bond motifs is 1. The molecule has 1 fully saturated rings. The van der Waals surface area contributed by atoms with Crippen LogP contribution in [0.3, 0.4) is 0 Å². The van der Waals surface area contributed by atoms with Gasteiger partial charge in [-0.1, -0.05) is 18.9 Å². The molecule has 1 aromatic carbocycles. The molecule has 0 spiro atoms. The fourth-order valence-electron chi connectivity index (χ4n) is 3.79. The second-order valence-electron chi connectivity index (χ2n) is 6.66. The first-order valence-electron chi connectivity index (χ1n) is 8.33. The summed E-state index contributed by atoms with van der Waals surface area (Å²) in [6, 6.07) is 5.64. The molecule has 0 saturated heterocycles. The van der Waals surface area contributed by atoms with Gasteiger partial charge in [0.1, 0.15) is 6.10 Å². The standard InChI is InChI=1S/C18H25NO3/c1-19(15-7-2-3-8-16(20)17(15)21)18(22)14-10-9-12-5-4-6-13(12)11-14/h9-11,15-17,20-21H,2-8H2,1H3/t15-,16-,17-/m1/s1. The van der Waals surface area contributed by atoms with Crippen molar-refractivity contribution in [1.29, 1.82) is 0 Å². The third-order valence-corrected chi connectivity index (χ3v) is 5.20. The van der Waals surface area contributed by atoms with Gasteiger partial charge in [-0.25, -0.2) is 0 Å². The quantitative estimate of drug-likeness (QED) is 0.821. The van der Waals surface area contributed by atoms with Crippen LogP contribution in [-0.4, -0.2) is 46.3 Å². The Hall–Kier alpha value is -1.39. The first-order chi connectivity index (χ1) is 10.6. The molecule has 0 aliphatic heterocycles. The zero-order valence-electron chi connectivity index (χ0n) is 13.2. The molecule has 0 radical (unpaired) electrons. The summed E-state index contributed by atoms with van der Waals surface area (Å²) in [5.74, 6) is -0.0622. The third kappa shape index (κ3) is 2.90. The molecule has 0 unspecified atom stereocenters. The van der Waals surface area contributed by atoms with Crippen molar-refractivity contribution in [2.24, 2.45) is 0 Å². The number of hydrogen-bond acceptors (Lipinski definition) is 3. The molecule has 4 heteroatoms. The van der Waals surface area contributed by atoms with Gasteiger partial charge in [0.2, 0.25) is 0 Å². The van der Waals surface area contributed by atoms with E-state index in [-0.39, 0.29) is 11.9 Å². The highest BCUT2D eigenvalue weighted by Crippen LogP contribution is 2.26. The Labute approximate surface area is 131 Å². The Morgan fingerprint density at radius 2 is 1.82 bits per heavy atom. The van der Waals surface area contributed by atoms with Crippen molar-refractivity contribution in [3.8, 4) is 0 Å². The van der Waals surface area contributed by atoms with Crippen molar-refractivity contribution in [3.05, 3.63) is 34.9 Å². The van der Waals surface area contributed by atoms with Crippen LogP contribution in [0.25, 0.3) is 0 Å². The van der Waals surface area contributed by atoms with Crippen LogP contribution in [0.1, 0.15) is 53.6 Å². The Bertz CT molecular complexity index is 557. The smallest absolute Gasteiger partial charge is 0.253 e. The summed E-state index contributed by atoms with van der Waals surface area (Å²) in [6.45, 7) is 0. The molecule has 22 heavy (non-hydrogen) atoms. The lowest BCUT2D eigenvalue weighted by Gasteiger charge is -2.32. The minimum atomic E-state index is -0.856. The topological polar surface area (TPSA) is 60.8 Å². The van der Waals surface area contributed by atoms with Crippen LogP contribution in [0.15, 0.2) is 18.2 Å². The van der Waals surface area contributed by atoms with Crippen LogP contribution in [-0.2, 0) is 12.8 Å². The minimum absolute atomic E-state index is 0.0622. The van der Waals surface area contributed by atoms with Crippen molar-refractivity contribution >= 4 is 5.91 Å². The molecular weight excluding hydrogens is 278 g/mol. The summed E-state index contributed by atoms with van der Waals surface area (Å²) in [7, 11) is 1.74. The second kappa shape index (κ2) is 6.39. The number of aryl methyl sites for hydroxylation is 2. The van der Waals surface area contributed by atoms with Crippen LogP contribution in [0.2, 0.25) is 0 Å². The van der Waals surface area contributed by atoms with E-state index in [2.05, 4.69) is 6.07 Å². The number of likely N-dealkylation sites (N-methyl/N-ethyl adjacent to an activating group) is 1. The summed E-state index contributed by atoms with van der Waals surface area (Å²) in [5, 5.41) is 20.3. The van der Waals surface area contributed by atoms with Gasteiger partial charge in [-0.05, 0) is 55.4 Å². The molecule has 1 aromatic rings. The molecule has 2 aliphatic carbocycles. The van der Waals surface area contributed by atoms with Crippen LogP contribution < -0.4 is 0 Å². The van der Waals surface area contributed by atoms with Gasteiger partial charge < -0.3 is 15.1 Å². The molecule has 2 aliphatic rings. The predicted molar refractivity (Wildman–Crippen MR) is 84.8 cm³/mol. The van der Waals surface area contributed by atoms with E-state index in [1.54, 1.807) is 11.9 Å². The Morgan fingerprint density at radius 3 is 2.64 bits per heavy atom. The van der Waals surface area contributed by atoms with Gasteiger partial charge in [-0.3, -0.25) is 4.79 Å². The molecule has 4 nitrogen and oxygen atoms in total. The monoisotopic (exact) mass is 303 g/mol. The minimum Gasteiger partial charge on any atom is -0.390 e. The van der Waals surface area contributed by atoms with Crippen molar-refractivity contribution in [3.63, 3.8) is 0 Å². The molecule has 2 N–H and O–H groups in total. The van der Waals surface area contributed by atoms with Crippen LogP contribution >= 0.6 is 0 Å². The summed E-state index contributed by atoms with van der Waals surface area (Å²) in [6.07, 6.45) is 4.91. The molecule has 1 saturated carbocycles. The van der Waals surface area contributed by atoms with Crippen molar-refractivity contribution < 1.29 is 15.0 Å². The fourth-order valence-corrected chi connectivity index (χ4v) is 3.79. The lowest BCUT2D eigenvalue weighted by molar-refractivity contribution is -0.0255. The van der Waals surface area contributed by atoms with Crippen molar-refractivity contribution in [2.45, 2.75) is 63.2 Å². The fraction of sp³-hybridized carbons (Fsp3) is 0.611. The van der Waals surface area contributed by atoms with E-state index >= 15 is 0 Å². The Kier molecular flexibility index (Phi) is 4.50. The first-order valence-corrected chi connectivity index (χ1v) is 8.33. The number of aliphatic hydroxyl groups excluding tert-OH is 2. The molecule has 0 aromatic heterocycles. The van der Waals surface area contributed by atoms with Gasteiger partial charge in [0.25, 0.3) is 5.91 Å². The SMILES string of the molecule is CN(C(=O)c1ccc2c(c1)CCC2)[C@@H]1CCCC[C@@H](O)[C@@H]1O. The number of rotatable bonds is 2. The molecule has 0 heterocycles. The Balaban J connectivity index is 1.78. The predicted octanol–water partition coefficient (Wildman–Crippen LogP) is 1.91. The maximum atomic E-state index is 12.7. The van der Waals surface area contributed by atoms with E-state index in [0.717, 1.165) is 38.5 Å². The second-order valence-corrected chi connectivity index (χ2v) is 6.66. The van der Waals surface area contributed by atoms with Crippen LogP contribution in [0.5, 0.6) is 0 Å². The normalized spacial score (nSPS) is 28.0. The highest BCUT2D eigenvalue weighted by Gasteiger charge is 2.33. The number of aliphatic hydroxyl groups is 2. The largest absolute Gasteiger partial charge is 0.390 e. The third-order valence-electron chi connectivity index (χ3n) is 5.20. The van der Waals surface area contributed by atoms with Crippen molar-refractivity contribution in [1.82, 2.24) is 4.90 Å². The van der Waals surface area contributed by atoms with Gasteiger partial charge in [-0.2, -0.15) is 0 Å². The van der Waals surface area contributed by atoms with Gasteiger partial charge in [0.05, 0.1) is 12.1 Å². The maximum absolute atomic E-state index is 12.7. The number of amides is 1. The van der Waals surface area contributed by atoms with E-state index in [1.165, 1.54) is 11.1 Å². The first kappa shape index (κ1) is 15.5. The summed E-state index contributed by atoms with van der Waals surface area (Å²) < 4.78 is 0. The molecule has 0 bridgehead atoms. The van der Waals surface area contributed by atoms with Crippen molar-refractivity contribution in [2.75, 3.05) is 7.05 Å². The lowest BCUT2D eigenvalue weighted by Crippen LogP contribution is -2.48. The lowest BCUT2D eigenvalue weighted by atomic mass is 10.0. The van der Waals surface area contributed by atoms with Gasteiger partial charge >= 0.3 is 0 Å². The van der Waals surface area contributed by atoms with E-state index < -0.39 is 12.2 Å². The van der Waals surface area contributed by atoms with Gasteiger partial charge in [0.15, 0.2) is 0 Å². The number of benzene rings is 1. The van der Waals surface area contributed by atoms with E-state index in [4.69, 9.17) is 0 Å². The molecular formula is C18H25NO3. The highest BCUT2D eigenvalue weighted by molar-refractivity contribution is 5.94. The number of carbonyl (C=O) groups excluding carboxylic acids is 1. The summed E-state index contributed by atoms with van der Waals surface area (Å²) >= 11 is 0.